The van der Waals surface area contributed by atoms with Gasteiger partial charge in [0.15, 0.2) is 0 Å². The molecule has 6 heteroatoms. The molecule has 0 aliphatic carbocycles. The summed E-state index contributed by atoms with van der Waals surface area (Å²) in [5, 5.41) is 10.7. The highest BCUT2D eigenvalue weighted by molar-refractivity contribution is 6.54. The molecule has 2 aliphatic rings. The maximum absolute atomic E-state index is 10.7. The van der Waals surface area contributed by atoms with E-state index in [1.54, 1.807) is 0 Å². The third-order valence-corrected chi connectivity index (χ3v) is 4.06. The molecule has 5 nitrogen and oxygen atoms in total. The number of carbonyl (C=O) groups excluding carboxylic acids is 1. The summed E-state index contributed by atoms with van der Waals surface area (Å²) in [6, 6.07) is 0. The molecule has 1 saturated heterocycles. The van der Waals surface area contributed by atoms with Crippen LogP contribution in [0.1, 0.15) is 34.1 Å². The van der Waals surface area contributed by atoms with Gasteiger partial charge >= 0.3 is 7.12 Å². The second kappa shape index (κ2) is 4.28. The monoisotopic (exact) mass is 252 g/mol. The zero-order valence-corrected chi connectivity index (χ0v) is 11.4. The van der Waals surface area contributed by atoms with E-state index < -0.39 is 6.09 Å². The van der Waals surface area contributed by atoms with E-state index in [0.29, 0.717) is 19.5 Å². The van der Waals surface area contributed by atoms with E-state index in [1.807, 2.05) is 33.8 Å². The van der Waals surface area contributed by atoms with Crippen LogP contribution in [-0.2, 0) is 9.31 Å². The maximum Gasteiger partial charge on any atom is 0.490 e. The minimum absolute atomic E-state index is 0.349. The lowest BCUT2D eigenvalue weighted by molar-refractivity contribution is -0.265. The number of nitrogens with zero attached hydrogens (tertiary/aromatic N) is 1. The Balaban J connectivity index is 2.06. The number of hydrogen-bond donors (Lipinski definition) is 0. The Labute approximate surface area is 108 Å². The van der Waals surface area contributed by atoms with Gasteiger partial charge in [-0.25, -0.2) is 0 Å². The molecular weight excluding hydrogens is 233 g/mol. The molecule has 0 radical (unpaired) electrons. The number of hydrogen-bond acceptors (Lipinski definition) is 4. The van der Waals surface area contributed by atoms with Gasteiger partial charge in [-0.15, -0.1) is 0 Å². The molecule has 0 atom stereocenters. The highest BCUT2D eigenvalue weighted by Gasteiger charge is 2.52. The SMILES string of the molecule is CC1(C)OB(C2=CCN(C(=O)[O-])CC2)OC1(C)C. The number of carbonyl (C=O) groups is 1. The normalized spacial score (nSPS) is 26.1. The molecule has 0 aromatic heterocycles. The lowest BCUT2D eigenvalue weighted by atomic mass is 9.75. The fourth-order valence-electron chi connectivity index (χ4n) is 2.06. The van der Waals surface area contributed by atoms with Gasteiger partial charge in [0.2, 0.25) is 0 Å². The van der Waals surface area contributed by atoms with Crippen molar-refractivity contribution in [3.63, 3.8) is 0 Å². The Morgan fingerprint density at radius 2 is 1.89 bits per heavy atom. The molecule has 18 heavy (non-hydrogen) atoms. The van der Waals surface area contributed by atoms with Gasteiger partial charge in [0.05, 0.1) is 11.2 Å². The highest BCUT2D eigenvalue weighted by atomic mass is 16.7. The summed E-state index contributed by atoms with van der Waals surface area (Å²) >= 11 is 0. The molecule has 0 N–H and O–H groups in total. The van der Waals surface area contributed by atoms with Crippen molar-refractivity contribution in [2.45, 2.75) is 45.3 Å². The summed E-state index contributed by atoms with van der Waals surface area (Å²) in [6.45, 7) is 8.81. The molecule has 2 aliphatic heterocycles. The Morgan fingerprint density at radius 1 is 1.33 bits per heavy atom. The molecule has 0 saturated carbocycles. The van der Waals surface area contributed by atoms with E-state index in [2.05, 4.69) is 0 Å². The van der Waals surface area contributed by atoms with Crippen LogP contribution in [0.3, 0.4) is 0 Å². The molecule has 2 rings (SSSR count). The minimum Gasteiger partial charge on any atom is -0.530 e. The van der Waals surface area contributed by atoms with Crippen LogP contribution >= 0.6 is 0 Å². The lowest BCUT2D eigenvalue weighted by Gasteiger charge is -2.32. The van der Waals surface area contributed by atoms with Crippen LogP contribution in [0.25, 0.3) is 0 Å². The average molecular weight is 252 g/mol. The first-order chi connectivity index (χ1) is 8.23. The van der Waals surface area contributed by atoms with Crippen LogP contribution in [0.4, 0.5) is 4.79 Å². The van der Waals surface area contributed by atoms with Gasteiger partial charge < -0.3 is 24.1 Å². The van der Waals surface area contributed by atoms with Crippen LogP contribution < -0.4 is 5.11 Å². The third-order valence-electron chi connectivity index (χ3n) is 4.06. The third kappa shape index (κ3) is 2.27. The van der Waals surface area contributed by atoms with Gasteiger partial charge in [-0.2, -0.15) is 0 Å². The minimum atomic E-state index is -1.13. The van der Waals surface area contributed by atoms with Gasteiger partial charge in [-0.05, 0) is 39.6 Å². The zero-order chi connectivity index (χ0) is 13.6. The van der Waals surface area contributed by atoms with E-state index in [-0.39, 0.29) is 18.3 Å². The van der Waals surface area contributed by atoms with Crippen LogP contribution in [0.2, 0.25) is 0 Å². The lowest BCUT2D eigenvalue weighted by Crippen LogP contribution is -2.44. The Hall–Kier alpha value is -1.01. The van der Waals surface area contributed by atoms with Crippen molar-refractivity contribution >= 4 is 13.2 Å². The fourth-order valence-corrected chi connectivity index (χ4v) is 2.06. The summed E-state index contributed by atoms with van der Waals surface area (Å²) in [6.07, 6.45) is 1.37. The Morgan fingerprint density at radius 3 is 2.28 bits per heavy atom. The van der Waals surface area contributed by atoms with Crippen molar-refractivity contribution in [1.29, 1.82) is 0 Å². The Bertz CT molecular complexity index is 376. The van der Waals surface area contributed by atoms with E-state index in [1.165, 1.54) is 4.90 Å². The number of rotatable bonds is 1. The van der Waals surface area contributed by atoms with Crippen LogP contribution in [-0.4, -0.2) is 42.4 Å². The van der Waals surface area contributed by atoms with Gasteiger partial charge in [-0.1, -0.05) is 6.08 Å². The quantitative estimate of drug-likeness (QED) is 0.641. The van der Waals surface area contributed by atoms with Crippen molar-refractivity contribution in [3.8, 4) is 0 Å². The largest absolute Gasteiger partial charge is 0.530 e. The predicted molar refractivity (Wildman–Crippen MR) is 65.8 cm³/mol. The molecule has 0 aromatic carbocycles. The molecule has 0 bridgehead atoms. The van der Waals surface area contributed by atoms with E-state index in [0.717, 1.165) is 5.47 Å². The van der Waals surface area contributed by atoms with Crippen molar-refractivity contribution in [2.24, 2.45) is 0 Å². The van der Waals surface area contributed by atoms with Gasteiger partial charge in [-0.3, -0.25) is 0 Å². The molecule has 1 fully saturated rings. The Kier molecular flexibility index (Phi) is 3.19. The summed E-state index contributed by atoms with van der Waals surface area (Å²) in [5.41, 5.74) is 0.305. The molecular formula is C12H19BNO4-. The molecule has 100 valence electrons. The topological polar surface area (TPSA) is 61.8 Å². The summed E-state index contributed by atoms with van der Waals surface area (Å²) in [5.74, 6) is 0. The predicted octanol–water partition coefficient (Wildman–Crippen LogP) is 0.593. The van der Waals surface area contributed by atoms with Crippen LogP contribution in [0.15, 0.2) is 11.5 Å². The summed E-state index contributed by atoms with van der Waals surface area (Å²) in [4.78, 5) is 12.0. The van der Waals surface area contributed by atoms with E-state index in [9.17, 15) is 9.90 Å². The second-order valence-corrected chi connectivity index (χ2v) is 5.83. The summed E-state index contributed by atoms with van der Waals surface area (Å²) in [7, 11) is -0.362. The first-order valence-electron chi connectivity index (χ1n) is 6.23. The summed E-state index contributed by atoms with van der Waals surface area (Å²) < 4.78 is 11.9. The molecule has 0 unspecified atom stereocenters. The standard InChI is InChI=1S/C12H20BNO4/c1-11(2)12(3,4)18-13(17-11)9-5-7-14(8-6-9)10(15)16/h5H,6-8H2,1-4H3,(H,15,16)/p-1. The smallest absolute Gasteiger partial charge is 0.490 e. The van der Waals surface area contributed by atoms with E-state index >= 15 is 0 Å². The molecule has 0 aromatic rings. The van der Waals surface area contributed by atoms with Gasteiger partial charge in [0, 0.05) is 13.1 Å². The van der Waals surface area contributed by atoms with Crippen LogP contribution in [0, 0.1) is 0 Å². The second-order valence-electron chi connectivity index (χ2n) is 5.83. The number of carboxylic acid groups (broad SMARTS) is 1. The number of amides is 1. The average Bonchev–Trinajstić information content (AvgIpc) is 2.48. The molecule has 1 amide bonds. The van der Waals surface area contributed by atoms with E-state index in [4.69, 9.17) is 9.31 Å². The fraction of sp³-hybridized carbons (Fsp3) is 0.750. The van der Waals surface area contributed by atoms with Crippen molar-refractivity contribution in [3.05, 3.63) is 11.5 Å². The maximum atomic E-state index is 10.7. The van der Waals surface area contributed by atoms with Gasteiger partial charge in [0.1, 0.15) is 6.09 Å². The van der Waals surface area contributed by atoms with Crippen molar-refractivity contribution in [1.82, 2.24) is 4.90 Å². The zero-order valence-electron chi connectivity index (χ0n) is 11.4. The molecule has 0 spiro atoms. The van der Waals surface area contributed by atoms with Crippen molar-refractivity contribution in [2.75, 3.05) is 13.1 Å². The highest BCUT2D eigenvalue weighted by Crippen LogP contribution is 2.39. The molecule has 2 heterocycles. The first kappa shape index (κ1) is 13.4. The van der Waals surface area contributed by atoms with Crippen molar-refractivity contribution < 1.29 is 19.2 Å². The van der Waals surface area contributed by atoms with Gasteiger partial charge in [0.25, 0.3) is 0 Å². The van der Waals surface area contributed by atoms with Crippen LogP contribution in [0.5, 0.6) is 0 Å². The first-order valence-corrected chi connectivity index (χ1v) is 6.23.